The molecule has 2 fully saturated rings. The molecule has 0 amide bonds. The lowest BCUT2D eigenvalue weighted by Crippen LogP contribution is -2.56. The lowest BCUT2D eigenvalue weighted by Gasteiger charge is -2.33. The van der Waals surface area contributed by atoms with Crippen molar-refractivity contribution < 1.29 is 19.9 Å². The average molecular weight is 369 g/mol. The Morgan fingerprint density at radius 1 is 1.38 bits per heavy atom. The van der Waals surface area contributed by atoms with E-state index in [0.29, 0.717) is 25.9 Å². The molecule has 2 aliphatic rings. The lowest BCUT2D eigenvalue weighted by atomic mass is 9.78. The summed E-state index contributed by atoms with van der Waals surface area (Å²) in [6, 6.07) is 0. The maximum absolute atomic E-state index is 11.8. The van der Waals surface area contributed by atoms with Gasteiger partial charge in [-0.3, -0.25) is 9.79 Å². The molecule has 0 aromatic heterocycles. The summed E-state index contributed by atoms with van der Waals surface area (Å²) in [5.41, 5.74) is 11.0. The van der Waals surface area contributed by atoms with Crippen LogP contribution in [-0.4, -0.2) is 88.3 Å². The van der Waals surface area contributed by atoms with Gasteiger partial charge in [-0.25, -0.2) is 0 Å². The maximum Gasteiger partial charge on any atom is 0.451 e. The Morgan fingerprint density at radius 3 is 2.50 bits per heavy atom. The van der Waals surface area contributed by atoms with E-state index in [2.05, 4.69) is 9.89 Å². The van der Waals surface area contributed by atoms with Gasteiger partial charge in [0.25, 0.3) is 0 Å². The summed E-state index contributed by atoms with van der Waals surface area (Å²) in [4.78, 5) is 20.3. The number of aliphatic imine (C=N–C) groups is 1. The third-order valence-electron chi connectivity index (χ3n) is 5.58. The van der Waals surface area contributed by atoms with E-state index in [-0.39, 0.29) is 24.3 Å². The minimum absolute atomic E-state index is 0.172. The van der Waals surface area contributed by atoms with Gasteiger partial charge in [-0.05, 0) is 32.5 Å². The molecular formula is C16H32BN5O4. The second-order valence-electron chi connectivity index (χ2n) is 7.73. The van der Waals surface area contributed by atoms with Crippen LogP contribution in [-0.2, 0) is 4.79 Å². The summed E-state index contributed by atoms with van der Waals surface area (Å²) in [6.45, 7) is 4.10. The number of carboxylic acid groups (broad SMARTS) is 1. The third-order valence-corrected chi connectivity index (χ3v) is 5.58. The first kappa shape index (κ1) is 21.0. The van der Waals surface area contributed by atoms with Crippen molar-refractivity contribution in [2.24, 2.45) is 22.4 Å². The molecular weight excluding hydrogens is 337 g/mol. The first-order valence-corrected chi connectivity index (χ1v) is 9.29. The molecule has 1 heterocycles. The molecule has 2 rings (SSSR count). The molecule has 10 heteroatoms. The Balaban J connectivity index is 2.11. The van der Waals surface area contributed by atoms with Crippen molar-refractivity contribution in [1.29, 1.82) is 0 Å². The summed E-state index contributed by atoms with van der Waals surface area (Å²) in [5, 5.41) is 27.7. The Hall–Kier alpha value is -1.36. The van der Waals surface area contributed by atoms with Gasteiger partial charge in [0.1, 0.15) is 5.54 Å². The highest BCUT2D eigenvalue weighted by Gasteiger charge is 2.51. The van der Waals surface area contributed by atoms with Crippen molar-refractivity contribution in [3.8, 4) is 0 Å². The molecule has 26 heavy (non-hydrogen) atoms. The van der Waals surface area contributed by atoms with Crippen LogP contribution in [0.3, 0.4) is 0 Å². The van der Waals surface area contributed by atoms with E-state index >= 15 is 0 Å². The Labute approximate surface area is 155 Å². The van der Waals surface area contributed by atoms with Gasteiger partial charge in [-0.2, -0.15) is 0 Å². The highest BCUT2D eigenvalue weighted by atomic mass is 16.4. The monoisotopic (exact) mass is 369 g/mol. The molecule has 7 N–H and O–H groups in total. The van der Waals surface area contributed by atoms with Crippen molar-refractivity contribution >= 4 is 19.0 Å². The summed E-state index contributed by atoms with van der Waals surface area (Å²) >= 11 is 0. The van der Waals surface area contributed by atoms with Crippen LogP contribution in [0, 0.1) is 5.92 Å². The number of nitrogens with two attached hydrogens (primary N) is 2. The zero-order valence-corrected chi connectivity index (χ0v) is 15.8. The first-order valence-electron chi connectivity index (χ1n) is 9.29. The van der Waals surface area contributed by atoms with Gasteiger partial charge in [0.05, 0.1) is 0 Å². The van der Waals surface area contributed by atoms with Gasteiger partial charge < -0.3 is 36.4 Å². The molecule has 0 aromatic rings. The highest BCUT2D eigenvalue weighted by Crippen LogP contribution is 2.35. The standard InChI is InChI=1S/C16H32BN5O4/c1-3-21(10-15(18)6-7-15)14(20-2)22-9-12(5-4-8-17(25)26)16(19,11-22)13(23)24/h12,25-26H,3-11,18-19H2,1-2H3,(H,23,24). The minimum Gasteiger partial charge on any atom is -0.480 e. The van der Waals surface area contributed by atoms with Crippen LogP contribution in [0.5, 0.6) is 0 Å². The van der Waals surface area contributed by atoms with E-state index in [4.69, 9.17) is 21.5 Å². The van der Waals surface area contributed by atoms with E-state index in [1.54, 1.807) is 7.05 Å². The number of carbonyl (C=O) groups is 1. The molecule has 0 bridgehead atoms. The SMILES string of the molecule is CCN(CC1(N)CC1)C(=NC)N1CC(CCCB(O)O)C(N)(C(=O)O)C1. The molecule has 2 atom stereocenters. The zero-order chi connectivity index (χ0) is 19.5. The molecule has 1 aliphatic heterocycles. The van der Waals surface area contributed by atoms with E-state index in [0.717, 1.165) is 25.3 Å². The van der Waals surface area contributed by atoms with Crippen LogP contribution < -0.4 is 11.5 Å². The molecule has 0 spiro atoms. The molecule has 1 saturated carbocycles. The number of likely N-dealkylation sites (N-methyl/N-ethyl adjacent to an activating group) is 1. The number of rotatable bonds is 8. The lowest BCUT2D eigenvalue weighted by molar-refractivity contribution is -0.144. The van der Waals surface area contributed by atoms with Gasteiger partial charge in [-0.15, -0.1) is 0 Å². The van der Waals surface area contributed by atoms with Gasteiger partial charge in [0.2, 0.25) is 0 Å². The van der Waals surface area contributed by atoms with Crippen molar-refractivity contribution in [1.82, 2.24) is 9.80 Å². The normalized spacial score (nSPS) is 27.5. The summed E-state index contributed by atoms with van der Waals surface area (Å²) in [7, 11) is 0.315. The fraction of sp³-hybridized carbons (Fsp3) is 0.875. The van der Waals surface area contributed by atoms with Gasteiger partial charge in [-0.1, -0.05) is 6.42 Å². The number of hydrogen-bond acceptors (Lipinski definition) is 6. The zero-order valence-electron chi connectivity index (χ0n) is 15.8. The predicted octanol–water partition coefficient (Wildman–Crippen LogP) is -1.25. The number of nitrogens with zero attached hydrogens (tertiary/aromatic N) is 3. The van der Waals surface area contributed by atoms with Gasteiger partial charge in [0.15, 0.2) is 5.96 Å². The molecule has 0 radical (unpaired) electrons. The molecule has 9 nitrogen and oxygen atoms in total. The number of likely N-dealkylation sites (tertiary alicyclic amines) is 1. The molecule has 1 saturated heterocycles. The molecule has 0 aromatic carbocycles. The summed E-state index contributed by atoms with van der Waals surface area (Å²) < 4.78 is 0. The predicted molar refractivity (Wildman–Crippen MR) is 101 cm³/mol. The van der Waals surface area contributed by atoms with Gasteiger partial charge in [0, 0.05) is 44.7 Å². The van der Waals surface area contributed by atoms with E-state index in [1.165, 1.54) is 0 Å². The van der Waals surface area contributed by atoms with Crippen LogP contribution in [0.1, 0.15) is 32.6 Å². The topological polar surface area (TPSA) is 149 Å². The Kier molecular flexibility index (Phi) is 6.54. The Morgan fingerprint density at radius 2 is 2.04 bits per heavy atom. The highest BCUT2D eigenvalue weighted by molar-refractivity contribution is 6.40. The van der Waals surface area contributed by atoms with Crippen LogP contribution in [0.25, 0.3) is 0 Å². The van der Waals surface area contributed by atoms with E-state index in [9.17, 15) is 9.90 Å². The number of aliphatic carboxylic acids is 1. The Bertz CT molecular complexity index is 543. The van der Waals surface area contributed by atoms with E-state index < -0.39 is 18.6 Å². The number of carboxylic acids is 1. The fourth-order valence-electron chi connectivity index (χ4n) is 3.73. The van der Waals surface area contributed by atoms with Crippen molar-refractivity contribution in [3.05, 3.63) is 0 Å². The summed E-state index contributed by atoms with van der Waals surface area (Å²) in [6.07, 6.45) is 3.20. The van der Waals surface area contributed by atoms with Crippen LogP contribution in [0.4, 0.5) is 0 Å². The van der Waals surface area contributed by atoms with Crippen LogP contribution >= 0.6 is 0 Å². The second-order valence-corrected chi connectivity index (χ2v) is 7.73. The third kappa shape index (κ3) is 4.67. The molecule has 148 valence electrons. The fourth-order valence-corrected chi connectivity index (χ4v) is 3.73. The maximum atomic E-state index is 11.8. The first-order chi connectivity index (χ1) is 12.1. The van der Waals surface area contributed by atoms with Crippen molar-refractivity contribution in [3.63, 3.8) is 0 Å². The summed E-state index contributed by atoms with van der Waals surface area (Å²) in [5.74, 6) is -0.600. The van der Waals surface area contributed by atoms with Crippen molar-refractivity contribution in [2.75, 3.05) is 33.2 Å². The smallest absolute Gasteiger partial charge is 0.451 e. The quantitative estimate of drug-likeness (QED) is 0.202. The van der Waals surface area contributed by atoms with Crippen molar-refractivity contribution in [2.45, 2.75) is 50.0 Å². The number of guanidine groups is 1. The number of hydrogen-bond donors (Lipinski definition) is 5. The molecule has 2 unspecified atom stereocenters. The second kappa shape index (κ2) is 8.12. The van der Waals surface area contributed by atoms with Crippen LogP contribution in [0.2, 0.25) is 6.32 Å². The van der Waals surface area contributed by atoms with Gasteiger partial charge >= 0.3 is 13.1 Å². The van der Waals surface area contributed by atoms with E-state index in [1.807, 2.05) is 11.8 Å². The van der Waals surface area contributed by atoms with Crippen LogP contribution in [0.15, 0.2) is 4.99 Å². The average Bonchev–Trinajstić information content (AvgIpc) is 3.19. The largest absolute Gasteiger partial charge is 0.480 e. The molecule has 1 aliphatic carbocycles. The minimum atomic E-state index is -1.38.